The third kappa shape index (κ3) is 6.56. The highest BCUT2D eigenvalue weighted by molar-refractivity contribution is 7.91. The van der Waals surface area contributed by atoms with E-state index in [4.69, 9.17) is 9.47 Å². The van der Waals surface area contributed by atoms with Gasteiger partial charge in [0.1, 0.15) is 12.4 Å². The van der Waals surface area contributed by atoms with Gasteiger partial charge < -0.3 is 14.4 Å². The van der Waals surface area contributed by atoms with Gasteiger partial charge in [-0.1, -0.05) is 24.8 Å². The van der Waals surface area contributed by atoms with E-state index in [-0.39, 0.29) is 17.5 Å². The number of sulfone groups is 1. The molecule has 2 rings (SSSR count). The average Bonchev–Trinajstić information content (AvgIpc) is 3.02. The molecule has 0 N–H and O–H groups in total. The normalized spacial score (nSPS) is 18.2. The first kappa shape index (κ1) is 20.7. The maximum atomic E-state index is 12.1. The van der Waals surface area contributed by atoms with Gasteiger partial charge >= 0.3 is 5.97 Å². The van der Waals surface area contributed by atoms with Gasteiger partial charge in [0.2, 0.25) is 0 Å². The van der Waals surface area contributed by atoms with Crippen LogP contribution >= 0.6 is 0 Å². The second-order valence-electron chi connectivity index (χ2n) is 6.17. The summed E-state index contributed by atoms with van der Waals surface area (Å²) in [6, 6.07) is 6.73. The molecular weight excluding hydrogens is 370 g/mol. The maximum absolute atomic E-state index is 12.1. The van der Waals surface area contributed by atoms with E-state index in [1.54, 1.807) is 36.4 Å². The molecule has 1 atom stereocenters. The fourth-order valence-electron chi connectivity index (χ4n) is 2.56. The van der Waals surface area contributed by atoms with E-state index >= 15 is 0 Å². The summed E-state index contributed by atoms with van der Waals surface area (Å²) < 4.78 is 33.3. The molecule has 0 aliphatic carbocycles. The summed E-state index contributed by atoms with van der Waals surface area (Å²) >= 11 is 0. The zero-order valence-corrected chi connectivity index (χ0v) is 16.0. The van der Waals surface area contributed by atoms with E-state index in [9.17, 15) is 18.0 Å². The first-order chi connectivity index (χ1) is 12.8. The SMILES string of the molecule is C=CCOc1ccc(/C=C/C(=O)OCC(=O)N(C)[C@H]2CCS(=O)(=O)C2)cc1. The lowest BCUT2D eigenvalue weighted by molar-refractivity contribution is -0.148. The van der Waals surface area contributed by atoms with Crippen molar-refractivity contribution in [2.24, 2.45) is 0 Å². The van der Waals surface area contributed by atoms with Crippen molar-refractivity contribution in [2.75, 3.05) is 31.8 Å². The Hall–Kier alpha value is -2.61. The Morgan fingerprint density at radius 3 is 2.59 bits per heavy atom. The Kier molecular flexibility index (Phi) is 7.18. The number of rotatable bonds is 8. The molecule has 8 heteroatoms. The zero-order chi connectivity index (χ0) is 19.9. The number of carbonyl (C=O) groups excluding carboxylic acids is 2. The van der Waals surface area contributed by atoms with Crippen LogP contribution in [0.1, 0.15) is 12.0 Å². The molecule has 1 amide bonds. The summed E-state index contributed by atoms with van der Waals surface area (Å²) in [5.74, 6) is -0.354. The Morgan fingerprint density at radius 2 is 2.00 bits per heavy atom. The highest BCUT2D eigenvalue weighted by Crippen LogP contribution is 2.16. The quantitative estimate of drug-likeness (QED) is 0.377. The van der Waals surface area contributed by atoms with Gasteiger partial charge in [0, 0.05) is 19.2 Å². The van der Waals surface area contributed by atoms with E-state index in [1.807, 2.05) is 0 Å². The van der Waals surface area contributed by atoms with Crippen LogP contribution in [-0.2, 0) is 24.2 Å². The molecule has 1 aliphatic rings. The van der Waals surface area contributed by atoms with Gasteiger partial charge in [-0.05, 0) is 30.2 Å². The molecule has 0 spiro atoms. The second kappa shape index (κ2) is 9.36. The summed E-state index contributed by atoms with van der Waals surface area (Å²) in [6.45, 7) is 3.56. The fraction of sp³-hybridized carbons (Fsp3) is 0.368. The smallest absolute Gasteiger partial charge is 0.331 e. The van der Waals surface area contributed by atoms with E-state index in [0.717, 1.165) is 5.56 Å². The van der Waals surface area contributed by atoms with Crippen LogP contribution < -0.4 is 4.74 Å². The molecule has 0 radical (unpaired) electrons. The van der Waals surface area contributed by atoms with Crippen LogP contribution in [0.3, 0.4) is 0 Å². The summed E-state index contributed by atoms with van der Waals surface area (Å²) in [5, 5.41) is 0. The zero-order valence-electron chi connectivity index (χ0n) is 15.2. The molecule has 27 heavy (non-hydrogen) atoms. The molecule has 0 bridgehead atoms. The molecule has 1 aromatic carbocycles. The summed E-state index contributed by atoms with van der Waals surface area (Å²) in [5.41, 5.74) is 0.775. The molecule has 1 aromatic rings. The van der Waals surface area contributed by atoms with Gasteiger partial charge in [-0.2, -0.15) is 0 Å². The first-order valence-corrected chi connectivity index (χ1v) is 10.3. The topological polar surface area (TPSA) is 90.0 Å². The van der Waals surface area contributed by atoms with Gasteiger partial charge in [-0.15, -0.1) is 0 Å². The standard InChI is InChI=1S/C19H23NO6S/c1-3-11-25-17-7-4-15(5-8-17)6-9-19(22)26-13-18(21)20(2)16-10-12-27(23,24)14-16/h3-9,16H,1,10-14H2,2H3/b9-6+/t16-/m0/s1. The number of ether oxygens (including phenoxy) is 2. The number of benzene rings is 1. The van der Waals surface area contributed by atoms with Gasteiger partial charge in [-0.25, -0.2) is 13.2 Å². The van der Waals surface area contributed by atoms with Gasteiger partial charge in [-0.3, -0.25) is 4.79 Å². The molecule has 7 nitrogen and oxygen atoms in total. The number of likely N-dealkylation sites (N-methyl/N-ethyl adjacent to an activating group) is 1. The van der Waals surface area contributed by atoms with Gasteiger partial charge in [0.15, 0.2) is 16.4 Å². The molecule has 146 valence electrons. The molecule has 0 saturated carbocycles. The van der Waals surface area contributed by atoms with Crippen LogP contribution in [-0.4, -0.2) is 63.0 Å². The van der Waals surface area contributed by atoms with Crippen molar-refractivity contribution in [1.82, 2.24) is 4.90 Å². The molecule has 1 saturated heterocycles. The molecule has 1 aliphatic heterocycles. The van der Waals surface area contributed by atoms with E-state index in [2.05, 4.69) is 6.58 Å². The minimum atomic E-state index is -3.08. The van der Waals surface area contributed by atoms with Crippen molar-refractivity contribution in [2.45, 2.75) is 12.5 Å². The number of amides is 1. The van der Waals surface area contributed by atoms with Crippen LogP contribution in [0.15, 0.2) is 43.0 Å². The fourth-order valence-corrected chi connectivity index (χ4v) is 4.34. The average molecular weight is 393 g/mol. The lowest BCUT2D eigenvalue weighted by Crippen LogP contribution is -2.40. The Balaban J connectivity index is 1.78. The maximum Gasteiger partial charge on any atom is 0.331 e. The van der Waals surface area contributed by atoms with Crippen LogP contribution in [0, 0.1) is 0 Å². The van der Waals surface area contributed by atoms with E-state index in [1.165, 1.54) is 18.0 Å². The summed E-state index contributed by atoms with van der Waals surface area (Å²) in [6.07, 6.45) is 4.85. The highest BCUT2D eigenvalue weighted by Gasteiger charge is 2.32. The lowest BCUT2D eigenvalue weighted by atomic mass is 10.2. The Bertz CT molecular complexity index is 813. The number of hydrogen-bond donors (Lipinski definition) is 0. The van der Waals surface area contributed by atoms with Gasteiger partial charge in [0.25, 0.3) is 5.91 Å². The van der Waals surface area contributed by atoms with Crippen molar-refractivity contribution in [3.63, 3.8) is 0 Å². The van der Waals surface area contributed by atoms with Crippen LogP contribution in [0.25, 0.3) is 6.08 Å². The number of hydrogen-bond acceptors (Lipinski definition) is 6. The largest absolute Gasteiger partial charge is 0.490 e. The van der Waals surface area contributed by atoms with E-state index < -0.39 is 28.3 Å². The monoisotopic (exact) mass is 393 g/mol. The molecule has 1 heterocycles. The van der Waals surface area contributed by atoms with E-state index in [0.29, 0.717) is 18.8 Å². The third-order valence-electron chi connectivity index (χ3n) is 4.15. The predicted octanol–water partition coefficient (Wildman–Crippen LogP) is 1.45. The molecular formula is C19H23NO6S. The summed E-state index contributed by atoms with van der Waals surface area (Å²) in [4.78, 5) is 25.2. The van der Waals surface area contributed by atoms with Crippen LogP contribution in [0.5, 0.6) is 5.75 Å². The minimum absolute atomic E-state index is 0.0460. The molecule has 0 unspecified atom stereocenters. The van der Waals surface area contributed by atoms with Crippen LogP contribution in [0.4, 0.5) is 0 Å². The summed E-state index contributed by atoms with van der Waals surface area (Å²) in [7, 11) is -1.56. The second-order valence-corrected chi connectivity index (χ2v) is 8.40. The Labute approximate surface area is 159 Å². The molecule has 0 aromatic heterocycles. The first-order valence-electron chi connectivity index (χ1n) is 8.45. The van der Waals surface area contributed by atoms with Crippen molar-refractivity contribution in [3.8, 4) is 5.75 Å². The van der Waals surface area contributed by atoms with Crippen molar-refractivity contribution >= 4 is 27.8 Å². The lowest BCUT2D eigenvalue weighted by Gasteiger charge is -2.22. The molecule has 1 fully saturated rings. The van der Waals surface area contributed by atoms with Crippen LogP contribution in [0.2, 0.25) is 0 Å². The highest BCUT2D eigenvalue weighted by atomic mass is 32.2. The van der Waals surface area contributed by atoms with Gasteiger partial charge in [0.05, 0.1) is 11.5 Å². The minimum Gasteiger partial charge on any atom is -0.490 e. The number of esters is 1. The van der Waals surface area contributed by atoms with Crippen molar-refractivity contribution in [3.05, 3.63) is 48.6 Å². The number of carbonyl (C=O) groups is 2. The Morgan fingerprint density at radius 1 is 1.30 bits per heavy atom. The third-order valence-corrected chi connectivity index (χ3v) is 5.90. The van der Waals surface area contributed by atoms with Crippen molar-refractivity contribution < 1.29 is 27.5 Å². The van der Waals surface area contributed by atoms with Crippen molar-refractivity contribution in [1.29, 1.82) is 0 Å². The predicted molar refractivity (Wildman–Crippen MR) is 102 cm³/mol. The number of nitrogens with zero attached hydrogens (tertiary/aromatic N) is 1.